The summed E-state index contributed by atoms with van der Waals surface area (Å²) < 4.78 is 59.3. The van der Waals surface area contributed by atoms with Crippen molar-refractivity contribution in [2.75, 3.05) is 0 Å². The van der Waals surface area contributed by atoms with Gasteiger partial charge in [0.25, 0.3) is 0 Å². The van der Waals surface area contributed by atoms with Crippen LogP contribution >= 0.6 is 0 Å². The van der Waals surface area contributed by atoms with Gasteiger partial charge in [0.05, 0.1) is 0 Å². The second-order valence-electron chi connectivity index (χ2n) is 7.02. The van der Waals surface area contributed by atoms with E-state index in [0.29, 0.717) is 10.8 Å². The summed E-state index contributed by atoms with van der Waals surface area (Å²) in [4.78, 5) is 15.2. The lowest BCUT2D eigenvalue weighted by molar-refractivity contribution is -0.141. The molecule has 0 aliphatic rings. The molecule has 0 spiro atoms. The predicted octanol–water partition coefficient (Wildman–Crippen LogP) is 5.64. The summed E-state index contributed by atoms with van der Waals surface area (Å²) in [6, 6.07) is 6.44. The van der Waals surface area contributed by atoms with Gasteiger partial charge in [0.1, 0.15) is 5.60 Å². The molecule has 0 atom stereocenters. The van der Waals surface area contributed by atoms with Crippen molar-refractivity contribution < 1.29 is 27.1 Å². The van der Waals surface area contributed by atoms with Crippen LogP contribution in [0, 0.1) is 5.95 Å². The minimum atomic E-state index is -4.80. The summed E-state index contributed by atoms with van der Waals surface area (Å²) in [7, 11) is 0. The van der Waals surface area contributed by atoms with Gasteiger partial charge in [0, 0.05) is 28.7 Å². The van der Waals surface area contributed by atoms with E-state index in [2.05, 4.69) is 4.98 Å². The van der Waals surface area contributed by atoms with Crippen LogP contribution in [-0.4, -0.2) is 21.2 Å². The quantitative estimate of drug-likeness (QED) is 0.405. The Bertz CT molecular complexity index is 1020. The van der Waals surface area contributed by atoms with Gasteiger partial charge >= 0.3 is 12.3 Å². The van der Waals surface area contributed by atoms with E-state index in [-0.39, 0.29) is 11.1 Å². The van der Waals surface area contributed by atoms with Gasteiger partial charge < -0.3 is 4.74 Å². The van der Waals surface area contributed by atoms with Crippen LogP contribution in [0.1, 0.15) is 26.5 Å². The summed E-state index contributed by atoms with van der Waals surface area (Å²) in [6.45, 7) is 5.19. The van der Waals surface area contributed by atoms with Crippen molar-refractivity contribution >= 4 is 16.9 Å². The fourth-order valence-corrected chi connectivity index (χ4v) is 2.61. The molecule has 27 heavy (non-hydrogen) atoms. The topological polar surface area (TPSA) is 44.1 Å². The van der Waals surface area contributed by atoms with Gasteiger partial charge in [-0.1, -0.05) is 12.1 Å². The second-order valence-corrected chi connectivity index (χ2v) is 7.02. The smallest absolute Gasteiger partial charge is 0.434 e. The van der Waals surface area contributed by atoms with Gasteiger partial charge in [-0.05, 0) is 44.5 Å². The maximum atomic E-state index is 13.2. The standard InChI is InChI=1S/C19H16F4N2O2/c1-18(2,3)27-17(26)25-9-12-5-4-11(8-13(12)10-25)14-6-7-15(20)24-16(14)19(21,22)23/h4-10H,1-3H3. The molecular weight excluding hydrogens is 364 g/mol. The number of fused-ring (bicyclic) bond motifs is 1. The summed E-state index contributed by atoms with van der Waals surface area (Å²) >= 11 is 0. The Morgan fingerprint density at radius 2 is 1.70 bits per heavy atom. The monoisotopic (exact) mass is 380 g/mol. The van der Waals surface area contributed by atoms with Crippen LogP contribution in [0.25, 0.3) is 21.9 Å². The highest BCUT2D eigenvalue weighted by Crippen LogP contribution is 2.36. The summed E-state index contributed by atoms with van der Waals surface area (Å²) in [5.74, 6) is -1.21. The maximum absolute atomic E-state index is 13.2. The van der Waals surface area contributed by atoms with E-state index in [1.54, 1.807) is 26.8 Å². The van der Waals surface area contributed by atoms with Crippen LogP contribution in [0.5, 0.6) is 0 Å². The molecule has 0 unspecified atom stereocenters. The van der Waals surface area contributed by atoms with Crippen molar-refractivity contribution in [1.82, 2.24) is 9.55 Å². The molecule has 1 aromatic carbocycles. The number of nitrogens with zero attached hydrogens (tertiary/aromatic N) is 2. The Hall–Kier alpha value is -2.90. The molecule has 0 bridgehead atoms. The molecule has 0 N–H and O–H groups in total. The molecule has 2 aromatic heterocycles. The van der Waals surface area contributed by atoms with Crippen molar-refractivity contribution in [2.24, 2.45) is 0 Å². The van der Waals surface area contributed by atoms with Crippen molar-refractivity contribution in [1.29, 1.82) is 0 Å². The molecule has 4 nitrogen and oxygen atoms in total. The molecule has 0 saturated heterocycles. The number of carbonyl (C=O) groups excluding carboxylic acids is 1. The number of hydrogen-bond donors (Lipinski definition) is 0. The maximum Gasteiger partial charge on any atom is 0.434 e. The van der Waals surface area contributed by atoms with Gasteiger partial charge in [-0.3, -0.25) is 4.57 Å². The second kappa shape index (κ2) is 6.37. The summed E-state index contributed by atoms with van der Waals surface area (Å²) in [5, 5.41) is 1.18. The zero-order valence-electron chi connectivity index (χ0n) is 14.8. The first-order valence-electron chi connectivity index (χ1n) is 8.03. The third kappa shape index (κ3) is 4.10. The van der Waals surface area contributed by atoms with Crippen LogP contribution in [0.15, 0.2) is 42.7 Å². The number of ether oxygens (including phenoxy) is 1. The van der Waals surface area contributed by atoms with Gasteiger partial charge in [-0.2, -0.15) is 17.6 Å². The van der Waals surface area contributed by atoms with E-state index < -0.39 is 29.5 Å². The van der Waals surface area contributed by atoms with Crippen LogP contribution in [0.3, 0.4) is 0 Å². The van der Waals surface area contributed by atoms with Gasteiger partial charge in [-0.15, -0.1) is 0 Å². The minimum absolute atomic E-state index is 0.212. The van der Waals surface area contributed by atoms with E-state index in [1.807, 2.05) is 0 Å². The lowest BCUT2D eigenvalue weighted by atomic mass is 10.0. The molecule has 0 radical (unpaired) electrons. The number of aromatic nitrogens is 2. The Balaban J connectivity index is 2.05. The van der Waals surface area contributed by atoms with Crippen molar-refractivity contribution in [3.63, 3.8) is 0 Å². The molecule has 8 heteroatoms. The fraction of sp³-hybridized carbons (Fsp3) is 0.263. The third-order valence-corrected chi connectivity index (χ3v) is 3.69. The zero-order valence-corrected chi connectivity index (χ0v) is 14.8. The molecule has 2 heterocycles. The normalized spacial score (nSPS) is 12.4. The highest BCUT2D eigenvalue weighted by Gasteiger charge is 2.36. The van der Waals surface area contributed by atoms with Crippen LogP contribution in [0.4, 0.5) is 22.4 Å². The highest BCUT2D eigenvalue weighted by atomic mass is 19.4. The molecular formula is C19H16F4N2O2. The van der Waals surface area contributed by atoms with Gasteiger partial charge in [-0.25, -0.2) is 9.78 Å². The number of hydrogen-bond acceptors (Lipinski definition) is 3. The minimum Gasteiger partial charge on any atom is -0.443 e. The number of alkyl halides is 3. The summed E-state index contributed by atoms with van der Waals surface area (Å²) in [6.07, 6.45) is -2.40. The van der Waals surface area contributed by atoms with Gasteiger partial charge in [0.2, 0.25) is 5.95 Å². The molecule has 0 amide bonds. The average molecular weight is 380 g/mol. The number of rotatable bonds is 1. The third-order valence-electron chi connectivity index (χ3n) is 3.69. The van der Waals surface area contributed by atoms with Crippen LogP contribution in [-0.2, 0) is 10.9 Å². The molecule has 142 valence electrons. The first-order chi connectivity index (χ1) is 12.4. The molecule has 3 aromatic rings. The van der Waals surface area contributed by atoms with E-state index in [9.17, 15) is 22.4 Å². The van der Waals surface area contributed by atoms with E-state index in [0.717, 1.165) is 12.1 Å². The van der Waals surface area contributed by atoms with E-state index in [4.69, 9.17) is 4.74 Å². The summed E-state index contributed by atoms with van der Waals surface area (Å²) in [5.41, 5.74) is -2.01. The van der Waals surface area contributed by atoms with Crippen molar-refractivity contribution in [3.8, 4) is 11.1 Å². The van der Waals surface area contributed by atoms with E-state index in [1.165, 1.54) is 29.1 Å². The molecule has 0 aliphatic heterocycles. The van der Waals surface area contributed by atoms with Crippen molar-refractivity contribution in [3.05, 3.63) is 54.4 Å². The molecule has 0 aliphatic carbocycles. The number of benzene rings is 1. The predicted molar refractivity (Wildman–Crippen MR) is 91.8 cm³/mol. The SMILES string of the molecule is CC(C)(C)OC(=O)n1cc2ccc(-c3ccc(F)nc3C(F)(F)F)cc2c1. The highest BCUT2D eigenvalue weighted by molar-refractivity contribution is 5.90. The average Bonchev–Trinajstić information content (AvgIpc) is 2.95. The number of pyridine rings is 1. The molecule has 0 saturated carbocycles. The Morgan fingerprint density at radius 3 is 2.33 bits per heavy atom. The molecule has 3 rings (SSSR count). The Kier molecular flexibility index (Phi) is 4.45. The number of carbonyl (C=O) groups is 1. The lowest BCUT2D eigenvalue weighted by Gasteiger charge is -2.19. The van der Waals surface area contributed by atoms with Crippen LogP contribution < -0.4 is 0 Å². The van der Waals surface area contributed by atoms with E-state index >= 15 is 0 Å². The van der Waals surface area contributed by atoms with Gasteiger partial charge in [0.15, 0.2) is 5.69 Å². The Labute approximate surface area is 152 Å². The molecule has 0 fully saturated rings. The first kappa shape index (κ1) is 18.9. The largest absolute Gasteiger partial charge is 0.443 e. The Morgan fingerprint density at radius 1 is 1.04 bits per heavy atom. The fourth-order valence-electron chi connectivity index (χ4n) is 2.61. The van der Waals surface area contributed by atoms with Crippen LogP contribution in [0.2, 0.25) is 0 Å². The first-order valence-corrected chi connectivity index (χ1v) is 8.03. The lowest BCUT2D eigenvalue weighted by Crippen LogP contribution is -2.26. The van der Waals surface area contributed by atoms with Crippen molar-refractivity contribution in [2.45, 2.75) is 32.5 Å². The zero-order chi connectivity index (χ0) is 20.0. The number of halogens is 4.